The summed E-state index contributed by atoms with van der Waals surface area (Å²) in [7, 11) is -1.23. The van der Waals surface area contributed by atoms with E-state index in [4.69, 9.17) is 4.74 Å². The van der Waals surface area contributed by atoms with Crippen molar-refractivity contribution in [2.75, 3.05) is 44.8 Å². The Morgan fingerprint density at radius 2 is 1.96 bits per heavy atom. The Labute approximate surface area is 159 Å². The number of fused-ring (bicyclic) bond motifs is 1. The smallest absolute Gasteiger partial charge is 0.242 e. The van der Waals surface area contributed by atoms with Crippen molar-refractivity contribution in [2.24, 2.45) is 0 Å². The number of rotatable bonds is 4. The van der Waals surface area contributed by atoms with Crippen molar-refractivity contribution in [1.82, 2.24) is 14.4 Å². The van der Waals surface area contributed by atoms with Gasteiger partial charge in [0.05, 0.1) is 18.6 Å². The van der Waals surface area contributed by atoms with Gasteiger partial charge in [0.25, 0.3) is 0 Å². The van der Waals surface area contributed by atoms with Crippen LogP contribution in [0.15, 0.2) is 30.5 Å². The molecule has 2 saturated heterocycles. The fourth-order valence-corrected chi connectivity index (χ4v) is 5.85. The summed E-state index contributed by atoms with van der Waals surface area (Å²) in [6, 6.07) is 7.95. The Bertz CT molecular complexity index is 945. The highest BCUT2D eigenvalue weighted by atomic mass is 32.2. The molecule has 0 spiro atoms. The van der Waals surface area contributed by atoms with Gasteiger partial charge in [0.2, 0.25) is 5.91 Å². The zero-order valence-corrected chi connectivity index (χ0v) is 16.3. The normalized spacial score (nSPS) is 23.0. The van der Waals surface area contributed by atoms with E-state index >= 15 is 0 Å². The molecule has 0 radical (unpaired) electrons. The largest absolute Gasteiger partial charge is 0.497 e. The van der Waals surface area contributed by atoms with Crippen LogP contribution in [0.4, 0.5) is 0 Å². The van der Waals surface area contributed by atoms with Gasteiger partial charge in [-0.25, -0.2) is 8.42 Å². The zero-order valence-electron chi connectivity index (χ0n) is 15.5. The number of hydrogen-bond donors (Lipinski definition) is 0. The van der Waals surface area contributed by atoms with E-state index in [1.807, 2.05) is 39.9 Å². The Morgan fingerprint density at radius 3 is 2.63 bits per heavy atom. The molecule has 0 aliphatic carbocycles. The van der Waals surface area contributed by atoms with Crippen LogP contribution >= 0.6 is 0 Å². The van der Waals surface area contributed by atoms with Crippen LogP contribution in [0, 0.1) is 0 Å². The van der Waals surface area contributed by atoms with E-state index in [-0.39, 0.29) is 17.7 Å². The predicted octanol–water partition coefficient (Wildman–Crippen LogP) is 0.981. The van der Waals surface area contributed by atoms with Gasteiger partial charge in [0, 0.05) is 49.3 Å². The molecule has 2 aliphatic rings. The first-order valence-corrected chi connectivity index (χ1v) is 11.1. The minimum atomic E-state index is -2.87. The standard InChI is InChI=1S/C19H25N3O4S/c1-26-17-2-3-18-15(12-17)4-6-22(18)13-19(23)21-9-7-20(8-10-21)16-5-11-27(24,25)14-16/h2-4,6,12,16H,5,7-11,13-14H2,1H3. The third-order valence-electron chi connectivity index (χ3n) is 5.68. The summed E-state index contributed by atoms with van der Waals surface area (Å²) < 4.78 is 30.6. The van der Waals surface area contributed by atoms with Gasteiger partial charge >= 0.3 is 0 Å². The molecule has 1 amide bonds. The lowest BCUT2D eigenvalue weighted by molar-refractivity contribution is -0.133. The molecular weight excluding hydrogens is 366 g/mol. The van der Waals surface area contributed by atoms with Crippen LogP contribution < -0.4 is 4.74 Å². The Morgan fingerprint density at radius 1 is 1.19 bits per heavy atom. The van der Waals surface area contributed by atoms with Crippen molar-refractivity contribution in [1.29, 1.82) is 0 Å². The Hall–Kier alpha value is -2.06. The third-order valence-corrected chi connectivity index (χ3v) is 7.43. The van der Waals surface area contributed by atoms with Crippen molar-refractivity contribution in [3.63, 3.8) is 0 Å². The van der Waals surface area contributed by atoms with Crippen LogP contribution in [0.25, 0.3) is 10.9 Å². The highest BCUT2D eigenvalue weighted by molar-refractivity contribution is 7.91. The number of aromatic nitrogens is 1. The number of carbonyl (C=O) groups excluding carboxylic acids is 1. The zero-order chi connectivity index (χ0) is 19.0. The van der Waals surface area contributed by atoms with Crippen LogP contribution in [0.2, 0.25) is 0 Å². The molecule has 0 N–H and O–H groups in total. The van der Waals surface area contributed by atoms with Crippen molar-refractivity contribution in [3.05, 3.63) is 30.5 Å². The van der Waals surface area contributed by atoms with Gasteiger partial charge in [-0.15, -0.1) is 0 Å². The lowest BCUT2D eigenvalue weighted by Gasteiger charge is -2.37. The highest BCUT2D eigenvalue weighted by Crippen LogP contribution is 2.22. The number of carbonyl (C=O) groups is 1. The Balaban J connectivity index is 1.36. The third kappa shape index (κ3) is 3.82. The second-order valence-corrected chi connectivity index (χ2v) is 9.57. The van der Waals surface area contributed by atoms with E-state index in [2.05, 4.69) is 4.90 Å². The number of nitrogens with zero attached hydrogens (tertiary/aromatic N) is 3. The number of amides is 1. The average Bonchev–Trinajstić information content (AvgIpc) is 3.24. The van der Waals surface area contributed by atoms with Gasteiger partial charge in [-0.3, -0.25) is 9.69 Å². The molecule has 1 unspecified atom stereocenters. The topological polar surface area (TPSA) is 71.8 Å². The molecule has 2 aromatic rings. The van der Waals surface area contributed by atoms with E-state index in [0.29, 0.717) is 25.4 Å². The summed E-state index contributed by atoms with van der Waals surface area (Å²) in [5.41, 5.74) is 1.01. The van der Waals surface area contributed by atoms with E-state index in [1.54, 1.807) is 7.11 Å². The fraction of sp³-hybridized carbons (Fsp3) is 0.526. The molecule has 0 bridgehead atoms. The van der Waals surface area contributed by atoms with Crippen LogP contribution in [0.5, 0.6) is 5.75 Å². The minimum absolute atomic E-state index is 0.0991. The molecule has 27 heavy (non-hydrogen) atoms. The van der Waals surface area contributed by atoms with Crippen LogP contribution in [-0.4, -0.2) is 79.5 Å². The number of methoxy groups -OCH3 is 1. The fourth-order valence-electron chi connectivity index (χ4n) is 4.09. The van der Waals surface area contributed by atoms with Crippen molar-refractivity contribution in [2.45, 2.75) is 19.0 Å². The van der Waals surface area contributed by atoms with Gasteiger partial charge in [0.1, 0.15) is 12.3 Å². The van der Waals surface area contributed by atoms with Crippen molar-refractivity contribution >= 4 is 26.6 Å². The van der Waals surface area contributed by atoms with Crippen molar-refractivity contribution < 1.29 is 17.9 Å². The number of benzene rings is 1. The lowest BCUT2D eigenvalue weighted by atomic mass is 10.2. The quantitative estimate of drug-likeness (QED) is 0.777. The summed E-state index contributed by atoms with van der Waals surface area (Å²) in [6.07, 6.45) is 2.65. The van der Waals surface area contributed by atoms with Gasteiger partial charge < -0.3 is 14.2 Å². The molecule has 1 aromatic heterocycles. The molecule has 2 aliphatic heterocycles. The maximum atomic E-state index is 12.7. The molecule has 7 nitrogen and oxygen atoms in total. The van der Waals surface area contributed by atoms with E-state index in [0.717, 1.165) is 36.2 Å². The van der Waals surface area contributed by atoms with E-state index < -0.39 is 9.84 Å². The second-order valence-electron chi connectivity index (χ2n) is 7.34. The molecule has 4 rings (SSSR count). The average molecular weight is 391 g/mol. The summed E-state index contributed by atoms with van der Waals surface area (Å²) in [6.45, 7) is 3.11. The molecule has 1 aromatic carbocycles. The number of hydrogen-bond acceptors (Lipinski definition) is 5. The lowest BCUT2D eigenvalue weighted by Crippen LogP contribution is -2.52. The first kappa shape index (κ1) is 18.3. The Kier molecular flexibility index (Phi) is 4.86. The summed E-state index contributed by atoms with van der Waals surface area (Å²) in [4.78, 5) is 16.8. The maximum absolute atomic E-state index is 12.7. The summed E-state index contributed by atoms with van der Waals surface area (Å²) >= 11 is 0. The number of piperazine rings is 1. The number of ether oxygens (including phenoxy) is 1. The predicted molar refractivity (Wildman–Crippen MR) is 104 cm³/mol. The molecule has 0 saturated carbocycles. The van der Waals surface area contributed by atoms with Gasteiger partial charge in [-0.05, 0) is 30.7 Å². The summed E-state index contributed by atoms with van der Waals surface area (Å²) in [5, 5.41) is 1.05. The first-order chi connectivity index (χ1) is 12.9. The van der Waals surface area contributed by atoms with Gasteiger partial charge in [-0.1, -0.05) is 0 Å². The molecule has 3 heterocycles. The minimum Gasteiger partial charge on any atom is -0.497 e. The maximum Gasteiger partial charge on any atom is 0.242 e. The number of sulfone groups is 1. The SMILES string of the molecule is COc1ccc2c(ccn2CC(=O)N2CCN(C3CCS(=O)(=O)C3)CC2)c1. The van der Waals surface area contributed by atoms with Crippen LogP contribution in [0.1, 0.15) is 6.42 Å². The molecule has 2 fully saturated rings. The van der Waals surface area contributed by atoms with Gasteiger partial charge in [0.15, 0.2) is 9.84 Å². The monoisotopic (exact) mass is 391 g/mol. The molecule has 146 valence electrons. The second kappa shape index (κ2) is 7.16. The van der Waals surface area contributed by atoms with Gasteiger partial charge in [-0.2, -0.15) is 0 Å². The highest BCUT2D eigenvalue weighted by Gasteiger charge is 2.34. The summed E-state index contributed by atoms with van der Waals surface area (Å²) in [5.74, 6) is 1.46. The van der Waals surface area contributed by atoms with E-state index in [1.165, 1.54) is 0 Å². The molecule has 1 atom stereocenters. The molecular formula is C19H25N3O4S. The van der Waals surface area contributed by atoms with E-state index in [9.17, 15) is 13.2 Å². The van der Waals surface area contributed by atoms with Crippen LogP contribution in [0.3, 0.4) is 0 Å². The van der Waals surface area contributed by atoms with Crippen molar-refractivity contribution in [3.8, 4) is 5.75 Å². The van der Waals surface area contributed by atoms with Crippen LogP contribution in [-0.2, 0) is 21.2 Å². The molecule has 8 heteroatoms. The first-order valence-electron chi connectivity index (χ1n) is 9.30.